The van der Waals surface area contributed by atoms with Crippen molar-refractivity contribution >= 4 is 5.82 Å². The number of piperidine rings is 1. The summed E-state index contributed by atoms with van der Waals surface area (Å²) in [7, 11) is 4.08. The van der Waals surface area contributed by atoms with Crippen LogP contribution in [-0.4, -0.2) is 42.3 Å². The maximum absolute atomic E-state index is 4.18. The first-order chi connectivity index (χ1) is 6.79. The van der Waals surface area contributed by atoms with Gasteiger partial charge in [-0.2, -0.15) is 5.10 Å². The minimum Gasteiger partial charge on any atom is -0.372 e. The molecule has 2 N–H and O–H groups in total. The molecule has 0 radical (unpaired) electrons. The number of nitrogens with one attached hydrogen (secondary N) is 2. The van der Waals surface area contributed by atoms with Gasteiger partial charge >= 0.3 is 0 Å². The third kappa shape index (κ3) is 1.90. The van der Waals surface area contributed by atoms with Crippen LogP contribution in [0.2, 0.25) is 0 Å². The molecule has 0 aromatic carbocycles. The van der Waals surface area contributed by atoms with Gasteiger partial charge in [-0.05, 0) is 26.4 Å². The second-order valence-corrected chi connectivity index (χ2v) is 4.06. The highest BCUT2D eigenvalue weighted by Crippen LogP contribution is 2.25. The molecule has 1 aliphatic heterocycles. The topological polar surface area (TPSA) is 44.0 Å². The van der Waals surface area contributed by atoms with Crippen LogP contribution in [-0.2, 0) is 0 Å². The van der Waals surface area contributed by atoms with Crippen molar-refractivity contribution in [3.8, 4) is 0 Å². The fourth-order valence-electron chi connectivity index (χ4n) is 2.09. The Balaban J connectivity index is 2.06. The number of nitrogens with zero attached hydrogens (tertiary/aromatic N) is 2. The number of hydrogen-bond acceptors (Lipinski definition) is 3. The number of H-pyrrole nitrogens is 1. The van der Waals surface area contributed by atoms with Gasteiger partial charge in [0, 0.05) is 31.3 Å². The zero-order valence-corrected chi connectivity index (χ0v) is 8.88. The van der Waals surface area contributed by atoms with Crippen LogP contribution in [0, 0.1) is 0 Å². The van der Waals surface area contributed by atoms with Crippen molar-refractivity contribution in [3.05, 3.63) is 11.8 Å². The zero-order chi connectivity index (χ0) is 9.97. The van der Waals surface area contributed by atoms with E-state index in [1.807, 2.05) is 7.05 Å². The molecular weight excluding hydrogens is 176 g/mol. The lowest BCUT2D eigenvalue weighted by atomic mass is 9.95. The molecule has 4 heteroatoms. The van der Waals surface area contributed by atoms with Gasteiger partial charge in [0.15, 0.2) is 0 Å². The fourth-order valence-corrected chi connectivity index (χ4v) is 2.09. The maximum Gasteiger partial charge on any atom is 0.147 e. The summed E-state index contributed by atoms with van der Waals surface area (Å²) < 4.78 is 0. The minimum atomic E-state index is 0.628. The monoisotopic (exact) mass is 194 g/mol. The van der Waals surface area contributed by atoms with E-state index in [-0.39, 0.29) is 0 Å². The first-order valence-electron chi connectivity index (χ1n) is 5.21. The zero-order valence-electron chi connectivity index (χ0n) is 8.88. The van der Waals surface area contributed by atoms with E-state index >= 15 is 0 Å². The van der Waals surface area contributed by atoms with Gasteiger partial charge in [-0.3, -0.25) is 5.10 Å². The van der Waals surface area contributed by atoms with Crippen molar-refractivity contribution in [1.82, 2.24) is 15.1 Å². The molecule has 14 heavy (non-hydrogen) atoms. The van der Waals surface area contributed by atoms with E-state index in [0.717, 1.165) is 12.4 Å². The average Bonchev–Trinajstić information content (AvgIpc) is 2.66. The normalized spacial score (nSPS) is 23.7. The highest BCUT2D eigenvalue weighted by Gasteiger charge is 2.20. The number of aromatic nitrogens is 2. The van der Waals surface area contributed by atoms with E-state index in [0.29, 0.717) is 5.92 Å². The molecule has 2 heterocycles. The summed E-state index contributed by atoms with van der Waals surface area (Å²) in [6, 6.07) is 2.11. The van der Waals surface area contributed by atoms with E-state index in [9.17, 15) is 0 Å². The van der Waals surface area contributed by atoms with E-state index in [1.165, 1.54) is 25.1 Å². The SMILES string of the molecule is CNc1cc(C2CCCN(C)C2)[nH]n1. The summed E-state index contributed by atoms with van der Waals surface area (Å²) >= 11 is 0. The Bertz CT molecular complexity index is 294. The standard InChI is InChI=1S/C10H18N4/c1-11-10-6-9(12-13-10)8-4-3-5-14(2)7-8/h6,8H,3-5,7H2,1-2H3,(H2,11,12,13). The molecule has 1 atom stereocenters. The second-order valence-electron chi connectivity index (χ2n) is 4.06. The molecule has 4 nitrogen and oxygen atoms in total. The Hall–Kier alpha value is -1.03. The van der Waals surface area contributed by atoms with E-state index in [1.54, 1.807) is 0 Å². The van der Waals surface area contributed by atoms with Gasteiger partial charge in [0.1, 0.15) is 5.82 Å². The molecule has 1 aromatic rings. The Kier molecular flexibility index (Phi) is 2.72. The lowest BCUT2D eigenvalue weighted by Crippen LogP contribution is -2.30. The van der Waals surface area contributed by atoms with E-state index in [4.69, 9.17) is 0 Å². The van der Waals surface area contributed by atoms with Gasteiger partial charge in [0.25, 0.3) is 0 Å². The summed E-state index contributed by atoms with van der Waals surface area (Å²) in [5.74, 6) is 1.57. The molecule has 0 aliphatic carbocycles. The predicted octanol–water partition coefficient (Wildman–Crippen LogP) is 1.26. The lowest BCUT2D eigenvalue weighted by molar-refractivity contribution is 0.248. The largest absolute Gasteiger partial charge is 0.372 e. The summed E-state index contributed by atoms with van der Waals surface area (Å²) in [5, 5.41) is 10.3. The molecule has 1 aromatic heterocycles. The highest BCUT2D eigenvalue weighted by atomic mass is 15.2. The first-order valence-corrected chi connectivity index (χ1v) is 5.21. The van der Waals surface area contributed by atoms with Crippen LogP contribution in [0.5, 0.6) is 0 Å². The van der Waals surface area contributed by atoms with Crippen LogP contribution in [0.4, 0.5) is 5.82 Å². The Morgan fingerprint density at radius 3 is 3.14 bits per heavy atom. The first kappa shape index (κ1) is 9.52. The molecule has 1 aliphatic rings. The van der Waals surface area contributed by atoms with Gasteiger partial charge in [0.2, 0.25) is 0 Å². The van der Waals surface area contributed by atoms with Crippen molar-refractivity contribution in [2.24, 2.45) is 0 Å². The number of aromatic amines is 1. The number of hydrogen-bond donors (Lipinski definition) is 2. The fraction of sp³-hybridized carbons (Fsp3) is 0.700. The van der Waals surface area contributed by atoms with Gasteiger partial charge < -0.3 is 10.2 Å². The molecule has 1 saturated heterocycles. The lowest BCUT2D eigenvalue weighted by Gasteiger charge is -2.28. The molecular formula is C10H18N4. The smallest absolute Gasteiger partial charge is 0.147 e. The van der Waals surface area contributed by atoms with Gasteiger partial charge in [-0.1, -0.05) is 0 Å². The molecule has 0 saturated carbocycles. The summed E-state index contributed by atoms with van der Waals surface area (Å²) in [4.78, 5) is 2.38. The summed E-state index contributed by atoms with van der Waals surface area (Å²) in [5.41, 5.74) is 1.26. The Morgan fingerprint density at radius 2 is 2.50 bits per heavy atom. The van der Waals surface area contributed by atoms with Crippen molar-refractivity contribution < 1.29 is 0 Å². The van der Waals surface area contributed by atoms with Crippen molar-refractivity contribution in [2.75, 3.05) is 32.5 Å². The third-order valence-corrected chi connectivity index (χ3v) is 2.92. The number of anilines is 1. The second kappa shape index (κ2) is 4.00. The van der Waals surface area contributed by atoms with Gasteiger partial charge in [-0.15, -0.1) is 0 Å². The number of likely N-dealkylation sites (tertiary alicyclic amines) is 1. The number of rotatable bonds is 2. The molecule has 0 spiro atoms. The average molecular weight is 194 g/mol. The van der Waals surface area contributed by atoms with Gasteiger partial charge in [0.05, 0.1) is 0 Å². The van der Waals surface area contributed by atoms with E-state index in [2.05, 4.69) is 33.5 Å². The van der Waals surface area contributed by atoms with Crippen LogP contribution in [0.3, 0.4) is 0 Å². The summed E-state index contributed by atoms with van der Waals surface area (Å²) in [6.07, 6.45) is 2.56. The Labute approximate surface area is 84.7 Å². The maximum atomic E-state index is 4.18. The highest BCUT2D eigenvalue weighted by molar-refractivity contribution is 5.35. The molecule has 1 unspecified atom stereocenters. The van der Waals surface area contributed by atoms with Crippen LogP contribution < -0.4 is 5.32 Å². The summed E-state index contributed by atoms with van der Waals surface area (Å²) in [6.45, 7) is 2.37. The van der Waals surface area contributed by atoms with Crippen molar-refractivity contribution in [2.45, 2.75) is 18.8 Å². The molecule has 0 amide bonds. The molecule has 2 rings (SSSR count). The van der Waals surface area contributed by atoms with Crippen LogP contribution in [0.25, 0.3) is 0 Å². The third-order valence-electron chi connectivity index (χ3n) is 2.92. The molecule has 0 bridgehead atoms. The van der Waals surface area contributed by atoms with E-state index < -0.39 is 0 Å². The minimum absolute atomic E-state index is 0.628. The molecule has 1 fully saturated rings. The van der Waals surface area contributed by atoms with Crippen LogP contribution in [0.1, 0.15) is 24.5 Å². The van der Waals surface area contributed by atoms with Gasteiger partial charge in [-0.25, -0.2) is 0 Å². The quantitative estimate of drug-likeness (QED) is 0.745. The molecule has 78 valence electrons. The van der Waals surface area contributed by atoms with Crippen LogP contribution >= 0.6 is 0 Å². The van der Waals surface area contributed by atoms with Crippen molar-refractivity contribution in [1.29, 1.82) is 0 Å². The predicted molar refractivity (Wildman–Crippen MR) is 57.6 cm³/mol. The number of likely N-dealkylation sites (N-methyl/N-ethyl adjacent to an activating group) is 1. The van der Waals surface area contributed by atoms with Crippen molar-refractivity contribution in [3.63, 3.8) is 0 Å². The van der Waals surface area contributed by atoms with Crippen LogP contribution in [0.15, 0.2) is 6.07 Å². The Morgan fingerprint density at radius 1 is 1.64 bits per heavy atom.